The number of aryl methyl sites for hydroxylation is 1. The molecule has 2 heterocycles. The van der Waals surface area contributed by atoms with E-state index in [1.165, 1.54) is 16.8 Å². The molecule has 2 aromatic carbocycles. The van der Waals surface area contributed by atoms with Crippen LogP contribution in [-0.4, -0.2) is 22.3 Å². The topological polar surface area (TPSA) is 56.2 Å². The van der Waals surface area contributed by atoms with Crippen molar-refractivity contribution in [3.05, 3.63) is 76.6 Å². The van der Waals surface area contributed by atoms with Crippen LogP contribution in [0.2, 0.25) is 0 Å². The molecule has 150 valence electrons. The number of ether oxygens (including phenoxy) is 1. The summed E-state index contributed by atoms with van der Waals surface area (Å²) in [5.41, 5.74) is 3.12. The van der Waals surface area contributed by atoms with Crippen molar-refractivity contribution in [3.8, 4) is 11.4 Å². The number of nitrogens with zero attached hydrogens (tertiary/aromatic N) is 2. The van der Waals surface area contributed by atoms with E-state index >= 15 is 0 Å². The maximum atomic E-state index is 14.2. The number of hydrogen-bond acceptors (Lipinski definition) is 3. The molecule has 0 fully saturated rings. The summed E-state index contributed by atoms with van der Waals surface area (Å²) in [6.07, 6.45) is 0.820. The van der Waals surface area contributed by atoms with Crippen LogP contribution in [0.3, 0.4) is 0 Å². The summed E-state index contributed by atoms with van der Waals surface area (Å²) < 4.78 is 34.4. The third-order valence-corrected chi connectivity index (χ3v) is 5.21. The number of fused-ring (bicyclic) bond motifs is 1. The molecule has 0 aliphatic carbocycles. The first kappa shape index (κ1) is 19.1. The van der Waals surface area contributed by atoms with Crippen LogP contribution in [0.5, 0.6) is 5.75 Å². The number of hydrogen-bond donors (Lipinski definition) is 1. The molecule has 0 saturated carbocycles. The molecule has 0 bridgehead atoms. The van der Waals surface area contributed by atoms with Gasteiger partial charge in [-0.15, -0.1) is 0 Å². The van der Waals surface area contributed by atoms with Crippen molar-refractivity contribution in [3.63, 3.8) is 0 Å². The third kappa shape index (κ3) is 3.72. The molecule has 1 aromatic heterocycles. The summed E-state index contributed by atoms with van der Waals surface area (Å²) in [6.45, 7) is 4.09. The van der Waals surface area contributed by atoms with Crippen molar-refractivity contribution in [2.45, 2.75) is 32.7 Å². The molecule has 29 heavy (non-hydrogen) atoms. The zero-order valence-corrected chi connectivity index (χ0v) is 16.2. The molecule has 1 aliphatic heterocycles. The lowest BCUT2D eigenvalue weighted by atomic mass is 10.00. The summed E-state index contributed by atoms with van der Waals surface area (Å²) in [6, 6.07) is 10.9. The third-order valence-electron chi connectivity index (χ3n) is 5.21. The van der Waals surface area contributed by atoms with Gasteiger partial charge in [0.25, 0.3) is 0 Å². The average molecular weight is 397 g/mol. The van der Waals surface area contributed by atoms with Crippen LogP contribution < -0.4 is 10.1 Å². The van der Waals surface area contributed by atoms with Crippen LogP contribution >= 0.6 is 0 Å². The predicted octanol–water partition coefficient (Wildman–Crippen LogP) is 3.95. The van der Waals surface area contributed by atoms with Crippen molar-refractivity contribution < 1.29 is 18.3 Å². The first-order chi connectivity index (χ1) is 13.9. The first-order valence-corrected chi connectivity index (χ1v) is 9.45. The van der Waals surface area contributed by atoms with Gasteiger partial charge in [-0.05, 0) is 32.0 Å². The Morgan fingerprint density at radius 2 is 2.03 bits per heavy atom. The van der Waals surface area contributed by atoms with Crippen LogP contribution in [0, 0.1) is 25.5 Å². The van der Waals surface area contributed by atoms with Gasteiger partial charge in [-0.2, -0.15) is 5.10 Å². The Labute approximate surface area is 167 Å². The molecule has 4 rings (SSSR count). The molecule has 1 atom stereocenters. The highest BCUT2D eigenvalue weighted by atomic mass is 19.1. The minimum absolute atomic E-state index is 0.113. The number of carbonyl (C=O) groups excluding carboxylic acids is 1. The van der Waals surface area contributed by atoms with E-state index in [4.69, 9.17) is 4.74 Å². The number of nitrogens with one attached hydrogen (secondary N) is 1. The zero-order valence-electron chi connectivity index (χ0n) is 16.2. The molecule has 1 N–H and O–H groups in total. The summed E-state index contributed by atoms with van der Waals surface area (Å²) in [5.74, 6) is -0.706. The zero-order chi connectivity index (χ0) is 20.5. The van der Waals surface area contributed by atoms with Gasteiger partial charge in [0.2, 0.25) is 5.91 Å². The fourth-order valence-electron chi connectivity index (χ4n) is 3.72. The molecule has 1 amide bonds. The normalized spacial score (nSPS) is 15.5. The fraction of sp³-hybridized carbons (Fsp3) is 0.273. The van der Waals surface area contributed by atoms with Crippen LogP contribution in [0.15, 0.2) is 42.5 Å². The lowest BCUT2D eigenvalue weighted by Gasteiger charge is -2.26. The summed E-state index contributed by atoms with van der Waals surface area (Å²) in [5, 5.41) is 7.43. The van der Waals surface area contributed by atoms with Crippen LogP contribution in [0.1, 0.15) is 35.0 Å². The number of carbonyl (C=O) groups is 1. The van der Waals surface area contributed by atoms with E-state index < -0.39 is 11.6 Å². The second kappa shape index (κ2) is 7.66. The van der Waals surface area contributed by atoms with Gasteiger partial charge in [0.1, 0.15) is 17.3 Å². The van der Waals surface area contributed by atoms with Gasteiger partial charge >= 0.3 is 0 Å². The molecule has 1 aliphatic rings. The van der Waals surface area contributed by atoms with E-state index in [2.05, 4.69) is 10.4 Å². The quantitative estimate of drug-likeness (QED) is 0.725. The Morgan fingerprint density at radius 1 is 1.24 bits per heavy atom. The van der Waals surface area contributed by atoms with E-state index in [9.17, 15) is 13.6 Å². The van der Waals surface area contributed by atoms with Crippen LogP contribution in [0.25, 0.3) is 5.69 Å². The maximum Gasteiger partial charge on any atom is 0.225 e. The molecule has 0 saturated heterocycles. The molecular weight excluding hydrogens is 376 g/mol. The Hall–Kier alpha value is -3.22. The Kier molecular flexibility index (Phi) is 5.05. The van der Waals surface area contributed by atoms with Crippen LogP contribution in [-0.2, 0) is 11.2 Å². The van der Waals surface area contributed by atoms with Gasteiger partial charge in [-0.3, -0.25) is 4.79 Å². The van der Waals surface area contributed by atoms with Crippen molar-refractivity contribution in [1.29, 1.82) is 0 Å². The molecule has 3 aromatic rings. The molecule has 5 nitrogen and oxygen atoms in total. The van der Waals surface area contributed by atoms with Gasteiger partial charge in [-0.1, -0.05) is 18.2 Å². The number of rotatable bonds is 4. The minimum atomic E-state index is -0.703. The summed E-state index contributed by atoms with van der Waals surface area (Å²) in [4.78, 5) is 12.7. The van der Waals surface area contributed by atoms with Crippen molar-refractivity contribution in [1.82, 2.24) is 15.1 Å². The second-order valence-electron chi connectivity index (χ2n) is 7.13. The number of halogens is 2. The number of aromatic nitrogens is 2. The van der Waals surface area contributed by atoms with E-state index in [1.807, 2.05) is 24.3 Å². The number of benzene rings is 2. The molecule has 0 radical (unpaired) electrons. The lowest BCUT2D eigenvalue weighted by molar-refractivity contribution is -0.121. The smallest absolute Gasteiger partial charge is 0.225 e. The van der Waals surface area contributed by atoms with E-state index in [-0.39, 0.29) is 24.1 Å². The largest absolute Gasteiger partial charge is 0.493 e. The van der Waals surface area contributed by atoms with E-state index in [0.717, 1.165) is 22.9 Å². The molecule has 0 spiro atoms. The Balaban J connectivity index is 1.55. The average Bonchev–Trinajstić information content (AvgIpc) is 2.96. The van der Waals surface area contributed by atoms with Crippen molar-refractivity contribution in [2.24, 2.45) is 0 Å². The van der Waals surface area contributed by atoms with Gasteiger partial charge < -0.3 is 10.1 Å². The Bertz CT molecular complexity index is 1080. The lowest BCUT2D eigenvalue weighted by Crippen LogP contribution is -2.33. The Morgan fingerprint density at radius 3 is 2.83 bits per heavy atom. The van der Waals surface area contributed by atoms with Crippen LogP contribution in [0.4, 0.5) is 8.78 Å². The minimum Gasteiger partial charge on any atom is -0.493 e. The predicted molar refractivity (Wildman–Crippen MR) is 104 cm³/mol. The van der Waals surface area contributed by atoms with Crippen molar-refractivity contribution >= 4 is 5.91 Å². The first-order valence-electron chi connectivity index (χ1n) is 9.45. The summed E-state index contributed by atoms with van der Waals surface area (Å²) >= 11 is 0. The van der Waals surface area contributed by atoms with Gasteiger partial charge in [0.05, 0.1) is 24.8 Å². The number of para-hydroxylation sites is 1. The highest BCUT2D eigenvalue weighted by molar-refractivity contribution is 5.79. The highest BCUT2D eigenvalue weighted by Gasteiger charge is 2.24. The maximum absolute atomic E-state index is 14.2. The monoisotopic (exact) mass is 397 g/mol. The van der Waals surface area contributed by atoms with Crippen molar-refractivity contribution in [2.75, 3.05) is 6.61 Å². The number of amides is 1. The van der Waals surface area contributed by atoms with Gasteiger partial charge in [-0.25, -0.2) is 13.5 Å². The highest BCUT2D eigenvalue weighted by Crippen LogP contribution is 2.31. The molecule has 1 unspecified atom stereocenters. The van der Waals surface area contributed by atoms with Gasteiger partial charge in [0.15, 0.2) is 5.82 Å². The van der Waals surface area contributed by atoms with E-state index in [1.54, 1.807) is 13.8 Å². The summed E-state index contributed by atoms with van der Waals surface area (Å²) in [7, 11) is 0. The molecular formula is C22H21F2N3O2. The van der Waals surface area contributed by atoms with E-state index in [0.29, 0.717) is 24.4 Å². The molecule has 7 heteroatoms. The fourth-order valence-corrected chi connectivity index (χ4v) is 3.72. The SMILES string of the molecule is Cc1nn(-c2ccc(F)cc2F)c(C)c1CC(=O)NC1CCOc2ccccc21. The standard InChI is InChI=1S/C22H21F2N3O2/c1-13-17(14(2)27(26-13)20-8-7-15(23)11-18(20)24)12-22(28)25-19-9-10-29-21-6-4-3-5-16(19)21/h3-8,11,19H,9-10,12H2,1-2H3,(H,25,28). The van der Waals surface area contributed by atoms with Gasteiger partial charge in [0, 0.05) is 29.3 Å². The second-order valence-corrected chi connectivity index (χ2v) is 7.13.